The largest absolute Gasteiger partial charge is 0.388 e. The fourth-order valence-corrected chi connectivity index (χ4v) is 2.27. The monoisotopic (exact) mass is 291 g/mol. The summed E-state index contributed by atoms with van der Waals surface area (Å²) in [6, 6.07) is 9.90. The van der Waals surface area contributed by atoms with Crippen molar-refractivity contribution in [2.45, 2.75) is 19.4 Å². The highest BCUT2D eigenvalue weighted by molar-refractivity contribution is 9.10. The number of aliphatic hydroxyl groups is 1. The molecule has 1 atom stereocenters. The summed E-state index contributed by atoms with van der Waals surface area (Å²) in [5.41, 5.74) is 3.07. The van der Waals surface area contributed by atoms with Crippen LogP contribution in [-0.2, 0) is 6.42 Å². The maximum absolute atomic E-state index is 10.2. The molecule has 0 bridgehead atoms. The normalized spacial score (nSPS) is 12.4. The van der Waals surface area contributed by atoms with Crippen LogP contribution in [0.5, 0.6) is 0 Å². The maximum Gasteiger partial charge on any atom is 0.0847 e. The molecule has 0 fully saturated rings. The Kier molecular flexibility index (Phi) is 3.92. The van der Waals surface area contributed by atoms with Crippen LogP contribution in [-0.4, -0.2) is 10.1 Å². The van der Waals surface area contributed by atoms with E-state index in [1.54, 1.807) is 12.4 Å². The summed E-state index contributed by atoms with van der Waals surface area (Å²) in [6.45, 7) is 1.99. The summed E-state index contributed by atoms with van der Waals surface area (Å²) in [5, 5.41) is 10.2. The lowest BCUT2D eigenvalue weighted by Crippen LogP contribution is -2.04. The van der Waals surface area contributed by atoms with Crippen LogP contribution in [0.15, 0.2) is 47.2 Å². The van der Waals surface area contributed by atoms with E-state index in [-0.39, 0.29) is 0 Å². The van der Waals surface area contributed by atoms with Gasteiger partial charge in [-0.05, 0) is 36.2 Å². The molecule has 0 radical (unpaired) electrons. The maximum atomic E-state index is 10.2. The first kappa shape index (κ1) is 12.3. The average molecular weight is 292 g/mol. The number of aliphatic hydroxyl groups excluding tert-OH is 1. The molecule has 1 heterocycles. The van der Waals surface area contributed by atoms with E-state index in [9.17, 15) is 5.11 Å². The van der Waals surface area contributed by atoms with E-state index in [2.05, 4.69) is 20.9 Å². The van der Waals surface area contributed by atoms with Gasteiger partial charge in [-0.3, -0.25) is 4.98 Å². The van der Waals surface area contributed by atoms with Gasteiger partial charge in [-0.2, -0.15) is 0 Å². The number of hydrogen-bond acceptors (Lipinski definition) is 2. The molecular weight excluding hydrogens is 278 g/mol. The average Bonchev–Trinajstić information content (AvgIpc) is 2.29. The van der Waals surface area contributed by atoms with Gasteiger partial charge < -0.3 is 5.11 Å². The second-order valence-electron chi connectivity index (χ2n) is 4.08. The Morgan fingerprint density at radius 1 is 1.35 bits per heavy atom. The zero-order chi connectivity index (χ0) is 12.3. The molecule has 0 saturated carbocycles. The second-order valence-corrected chi connectivity index (χ2v) is 5.00. The van der Waals surface area contributed by atoms with E-state index in [0.29, 0.717) is 6.42 Å². The highest BCUT2D eigenvalue weighted by Crippen LogP contribution is 2.22. The molecule has 2 aromatic rings. The lowest BCUT2D eigenvalue weighted by Gasteiger charge is -2.13. The molecule has 17 heavy (non-hydrogen) atoms. The Morgan fingerprint density at radius 2 is 2.18 bits per heavy atom. The molecule has 1 aromatic heterocycles. The van der Waals surface area contributed by atoms with Crippen LogP contribution in [0, 0.1) is 6.92 Å². The standard InChI is InChI=1S/C14H14BrNO/c1-10-5-6-16-9-13(10)14(17)8-11-3-2-4-12(15)7-11/h2-7,9,14,17H,8H2,1H3. The number of rotatable bonds is 3. The number of hydrogen-bond donors (Lipinski definition) is 1. The van der Waals surface area contributed by atoms with Crippen LogP contribution in [0.1, 0.15) is 22.8 Å². The van der Waals surface area contributed by atoms with Crippen LogP contribution >= 0.6 is 15.9 Å². The van der Waals surface area contributed by atoms with Gasteiger partial charge in [0.2, 0.25) is 0 Å². The summed E-state index contributed by atoms with van der Waals surface area (Å²) in [5.74, 6) is 0. The number of nitrogens with zero attached hydrogens (tertiary/aromatic N) is 1. The van der Waals surface area contributed by atoms with Crippen molar-refractivity contribution >= 4 is 15.9 Å². The molecule has 0 aliphatic carbocycles. The summed E-state index contributed by atoms with van der Waals surface area (Å²) in [7, 11) is 0. The number of benzene rings is 1. The Balaban J connectivity index is 2.17. The van der Waals surface area contributed by atoms with Gasteiger partial charge >= 0.3 is 0 Å². The fourth-order valence-electron chi connectivity index (χ4n) is 1.82. The number of pyridine rings is 1. The minimum atomic E-state index is -0.502. The Morgan fingerprint density at radius 3 is 2.88 bits per heavy atom. The van der Waals surface area contributed by atoms with Crippen molar-refractivity contribution in [2.75, 3.05) is 0 Å². The molecule has 88 valence electrons. The third-order valence-electron chi connectivity index (χ3n) is 2.76. The Labute approximate surface area is 109 Å². The predicted octanol–water partition coefficient (Wildman–Crippen LogP) is 3.43. The minimum Gasteiger partial charge on any atom is -0.388 e. The smallest absolute Gasteiger partial charge is 0.0847 e. The highest BCUT2D eigenvalue weighted by Gasteiger charge is 2.11. The number of halogens is 1. The van der Waals surface area contributed by atoms with E-state index in [1.807, 2.05) is 37.3 Å². The molecule has 0 spiro atoms. The van der Waals surface area contributed by atoms with Crippen LogP contribution in [0.3, 0.4) is 0 Å². The summed E-state index contributed by atoms with van der Waals surface area (Å²) >= 11 is 3.43. The first-order chi connectivity index (χ1) is 8.16. The Hall–Kier alpha value is -1.19. The molecule has 2 rings (SSSR count). The van der Waals surface area contributed by atoms with Gasteiger partial charge in [0.15, 0.2) is 0 Å². The first-order valence-corrected chi connectivity index (χ1v) is 6.29. The van der Waals surface area contributed by atoms with Crippen molar-refractivity contribution < 1.29 is 5.11 Å². The van der Waals surface area contributed by atoms with E-state index in [4.69, 9.17) is 0 Å². The van der Waals surface area contributed by atoms with Gasteiger partial charge in [0.1, 0.15) is 0 Å². The first-order valence-electron chi connectivity index (χ1n) is 5.50. The predicted molar refractivity (Wildman–Crippen MR) is 71.8 cm³/mol. The van der Waals surface area contributed by atoms with Crippen molar-refractivity contribution in [1.29, 1.82) is 0 Å². The number of aryl methyl sites for hydroxylation is 1. The summed E-state index contributed by atoms with van der Waals surface area (Å²) in [4.78, 5) is 4.06. The van der Waals surface area contributed by atoms with Gasteiger partial charge in [-0.1, -0.05) is 28.1 Å². The topological polar surface area (TPSA) is 33.1 Å². The van der Waals surface area contributed by atoms with Crippen molar-refractivity contribution in [1.82, 2.24) is 4.98 Å². The molecule has 1 N–H and O–H groups in total. The molecule has 2 nitrogen and oxygen atoms in total. The molecule has 0 aliphatic heterocycles. The highest BCUT2D eigenvalue weighted by atomic mass is 79.9. The molecule has 1 aromatic carbocycles. The molecule has 0 amide bonds. The van der Waals surface area contributed by atoms with Crippen molar-refractivity contribution in [3.8, 4) is 0 Å². The van der Waals surface area contributed by atoms with E-state index >= 15 is 0 Å². The second kappa shape index (κ2) is 5.43. The quantitative estimate of drug-likeness (QED) is 0.940. The third kappa shape index (κ3) is 3.14. The van der Waals surface area contributed by atoms with Crippen molar-refractivity contribution in [3.05, 3.63) is 63.9 Å². The van der Waals surface area contributed by atoms with Gasteiger partial charge in [0.25, 0.3) is 0 Å². The van der Waals surface area contributed by atoms with E-state index in [1.165, 1.54) is 0 Å². The van der Waals surface area contributed by atoms with Gasteiger partial charge in [-0.25, -0.2) is 0 Å². The van der Waals surface area contributed by atoms with Crippen LogP contribution in [0.25, 0.3) is 0 Å². The lowest BCUT2D eigenvalue weighted by atomic mass is 10.00. The summed E-state index contributed by atoms with van der Waals surface area (Å²) < 4.78 is 1.03. The summed E-state index contributed by atoms with van der Waals surface area (Å²) in [6.07, 6.45) is 3.58. The van der Waals surface area contributed by atoms with E-state index in [0.717, 1.165) is 21.2 Å². The van der Waals surface area contributed by atoms with Crippen molar-refractivity contribution in [2.24, 2.45) is 0 Å². The fraction of sp³-hybridized carbons (Fsp3) is 0.214. The van der Waals surface area contributed by atoms with Gasteiger partial charge in [0, 0.05) is 28.9 Å². The third-order valence-corrected chi connectivity index (χ3v) is 3.25. The zero-order valence-corrected chi connectivity index (χ0v) is 11.2. The molecule has 1 unspecified atom stereocenters. The number of aromatic nitrogens is 1. The molecule has 3 heteroatoms. The van der Waals surface area contributed by atoms with Crippen molar-refractivity contribution in [3.63, 3.8) is 0 Å². The van der Waals surface area contributed by atoms with Crippen LogP contribution in [0.4, 0.5) is 0 Å². The van der Waals surface area contributed by atoms with Crippen LogP contribution in [0.2, 0.25) is 0 Å². The lowest BCUT2D eigenvalue weighted by molar-refractivity contribution is 0.177. The molecular formula is C14H14BrNO. The van der Waals surface area contributed by atoms with E-state index < -0.39 is 6.10 Å². The zero-order valence-electron chi connectivity index (χ0n) is 9.60. The van der Waals surface area contributed by atoms with Gasteiger partial charge in [0.05, 0.1) is 6.10 Å². The Bertz CT molecular complexity index is 513. The van der Waals surface area contributed by atoms with Gasteiger partial charge in [-0.15, -0.1) is 0 Å². The molecule has 0 aliphatic rings. The SMILES string of the molecule is Cc1ccncc1C(O)Cc1cccc(Br)c1. The molecule has 0 saturated heterocycles. The van der Waals surface area contributed by atoms with Crippen LogP contribution < -0.4 is 0 Å². The minimum absolute atomic E-state index is 0.502.